The number of amides is 1. The Bertz CT molecular complexity index is 692. The molecule has 8 nitrogen and oxygen atoms in total. The second-order valence-corrected chi connectivity index (χ2v) is 7.12. The van der Waals surface area contributed by atoms with Crippen molar-refractivity contribution in [2.75, 3.05) is 40.3 Å². The zero-order chi connectivity index (χ0) is 19.1. The van der Waals surface area contributed by atoms with Crippen molar-refractivity contribution in [2.24, 2.45) is 0 Å². The topological polar surface area (TPSA) is 84.8 Å². The highest BCUT2D eigenvalue weighted by molar-refractivity contribution is 5.76. The summed E-state index contributed by atoms with van der Waals surface area (Å²) in [6.07, 6.45) is 5.55. The first kappa shape index (κ1) is 19.6. The van der Waals surface area contributed by atoms with Crippen LogP contribution in [0.1, 0.15) is 31.6 Å². The van der Waals surface area contributed by atoms with Crippen LogP contribution in [0.5, 0.6) is 0 Å². The molecule has 0 bridgehead atoms. The third kappa shape index (κ3) is 5.90. The van der Waals surface area contributed by atoms with Gasteiger partial charge in [0, 0.05) is 39.1 Å². The summed E-state index contributed by atoms with van der Waals surface area (Å²) in [4.78, 5) is 21.0. The highest BCUT2D eigenvalue weighted by Crippen LogP contribution is 2.17. The zero-order valence-electron chi connectivity index (χ0n) is 16.1. The van der Waals surface area contributed by atoms with Crippen LogP contribution in [0.4, 0.5) is 0 Å². The third-order valence-electron chi connectivity index (χ3n) is 4.61. The molecule has 0 N–H and O–H groups in total. The Morgan fingerprint density at radius 1 is 1.33 bits per heavy atom. The largest absolute Gasteiger partial charge is 0.461 e. The van der Waals surface area contributed by atoms with Crippen molar-refractivity contribution in [1.29, 1.82) is 0 Å². The van der Waals surface area contributed by atoms with Gasteiger partial charge in [-0.15, -0.1) is 0 Å². The molecule has 0 saturated carbocycles. The van der Waals surface area contributed by atoms with Gasteiger partial charge < -0.3 is 23.5 Å². The molecule has 2 aromatic heterocycles. The van der Waals surface area contributed by atoms with Crippen LogP contribution in [-0.2, 0) is 16.0 Å². The maximum absolute atomic E-state index is 12.7. The number of rotatable bonds is 10. The van der Waals surface area contributed by atoms with Crippen molar-refractivity contribution in [3.63, 3.8) is 0 Å². The SMILES string of the molecule is CN(C)CCN(CC1CCCO1)C(=O)CCCc1nc(-c2ccco2)no1. The van der Waals surface area contributed by atoms with E-state index in [1.54, 1.807) is 18.4 Å². The molecule has 3 heterocycles. The molecule has 148 valence electrons. The van der Waals surface area contributed by atoms with Gasteiger partial charge in [0.1, 0.15) is 0 Å². The molecule has 1 amide bonds. The van der Waals surface area contributed by atoms with Crippen molar-refractivity contribution >= 4 is 5.91 Å². The number of carbonyl (C=O) groups is 1. The van der Waals surface area contributed by atoms with E-state index >= 15 is 0 Å². The van der Waals surface area contributed by atoms with Crippen LogP contribution in [0, 0.1) is 0 Å². The van der Waals surface area contributed by atoms with Gasteiger partial charge in [0.2, 0.25) is 17.6 Å². The Morgan fingerprint density at radius 3 is 2.93 bits per heavy atom. The fraction of sp³-hybridized carbons (Fsp3) is 0.632. The highest BCUT2D eigenvalue weighted by atomic mass is 16.5. The summed E-state index contributed by atoms with van der Waals surface area (Å²) >= 11 is 0. The summed E-state index contributed by atoms with van der Waals surface area (Å²) in [7, 11) is 4.03. The minimum absolute atomic E-state index is 0.151. The van der Waals surface area contributed by atoms with Crippen molar-refractivity contribution in [1.82, 2.24) is 19.9 Å². The van der Waals surface area contributed by atoms with Gasteiger partial charge in [-0.05, 0) is 45.5 Å². The second kappa shape index (κ2) is 9.66. The van der Waals surface area contributed by atoms with Crippen molar-refractivity contribution in [2.45, 2.75) is 38.2 Å². The molecule has 1 aliphatic heterocycles. The number of likely N-dealkylation sites (N-methyl/N-ethyl adjacent to an activating group) is 1. The number of aromatic nitrogens is 2. The molecule has 3 rings (SSSR count). The number of nitrogens with zero attached hydrogens (tertiary/aromatic N) is 4. The molecule has 1 saturated heterocycles. The Kier molecular flexibility index (Phi) is 7.00. The van der Waals surface area contributed by atoms with Gasteiger partial charge in [-0.3, -0.25) is 4.79 Å². The lowest BCUT2D eigenvalue weighted by atomic mass is 10.2. The molecule has 1 atom stereocenters. The van der Waals surface area contributed by atoms with Crippen molar-refractivity contribution in [3.05, 3.63) is 24.3 Å². The lowest BCUT2D eigenvalue weighted by Gasteiger charge is -2.27. The van der Waals surface area contributed by atoms with Crippen LogP contribution in [0.3, 0.4) is 0 Å². The van der Waals surface area contributed by atoms with E-state index in [0.29, 0.717) is 43.3 Å². The fourth-order valence-electron chi connectivity index (χ4n) is 3.08. The van der Waals surface area contributed by atoms with E-state index in [9.17, 15) is 4.79 Å². The number of ether oxygens (including phenoxy) is 1. The number of carbonyl (C=O) groups excluding carboxylic acids is 1. The molecule has 0 aliphatic carbocycles. The van der Waals surface area contributed by atoms with Gasteiger partial charge in [0.25, 0.3) is 0 Å². The van der Waals surface area contributed by atoms with E-state index in [1.165, 1.54) is 0 Å². The molecule has 1 aliphatic rings. The summed E-state index contributed by atoms with van der Waals surface area (Å²) in [5.41, 5.74) is 0. The van der Waals surface area contributed by atoms with E-state index in [0.717, 1.165) is 32.5 Å². The van der Waals surface area contributed by atoms with Gasteiger partial charge in [-0.2, -0.15) is 4.98 Å². The Balaban J connectivity index is 1.47. The molecular weight excluding hydrogens is 348 g/mol. The summed E-state index contributed by atoms with van der Waals surface area (Å²) in [6, 6.07) is 3.56. The second-order valence-electron chi connectivity index (χ2n) is 7.12. The van der Waals surface area contributed by atoms with Crippen molar-refractivity contribution < 1.29 is 18.5 Å². The summed E-state index contributed by atoms with van der Waals surface area (Å²) in [5, 5.41) is 3.91. The number of furan rings is 1. The Hall–Kier alpha value is -2.19. The lowest BCUT2D eigenvalue weighted by molar-refractivity contribution is -0.133. The average Bonchev–Trinajstić information content (AvgIpc) is 3.40. The van der Waals surface area contributed by atoms with Crippen LogP contribution in [-0.4, -0.2) is 72.3 Å². The summed E-state index contributed by atoms with van der Waals surface area (Å²) < 4.78 is 16.2. The predicted molar refractivity (Wildman–Crippen MR) is 99.0 cm³/mol. The van der Waals surface area contributed by atoms with E-state index in [-0.39, 0.29) is 12.0 Å². The van der Waals surface area contributed by atoms with Crippen LogP contribution >= 0.6 is 0 Å². The highest BCUT2D eigenvalue weighted by Gasteiger charge is 2.22. The average molecular weight is 376 g/mol. The predicted octanol–water partition coefficient (Wildman–Crippen LogP) is 2.22. The first-order valence-corrected chi connectivity index (χ1v) is 9.52. The van der Waals surface area contributed by atoms with E-state index < -0.39 is 0 Å². The van der Waals surface area contributed by atoms with Gasteiger partial charge in [-0.25, -0.2) is 0 Å². The molecule has 8 heteroatoms. The number of hydrogen-bond donors (Lipinski definition) is 0. The standard InChI is InChI=1S/C19H28N4O4/c1-22(2)10-11-23(14-15-6-4-12-25-15)18(24)9-3-8-17-20-19(21-27-17)16-7-5-13-26-16/h5,7,13,15H,3-4,6,8-12,14H2,1-2H3. The molecule has 1 fully saturated rings. The normalized spacial score (nSPS) is 16.9. The zero-order valence-corrected chi connectivity index (χ0v) is 16.1. The van der Waals surface area contributed by atoms with Gasteiger partial charge in [-0.1, -0.05) is 5.16 Å². The van der Waals surface area contributed by atoms with E-state index in [1.807, 2.05) is 19.0 Å². The van der Waals surface area contributed by atoms with Gasteiger partial charge in [0.05, 0.1) is 12.4 Å². The van der Waals surface area contributed by atoms with Crippen LogP contribution in [0.2, 0.25) is 0 Å². The quantitative estimate of drug-likeness (QED) is 0.628. The lowest BCUT2D eigenvalue weighted by Crippen LogP contribution is -2.41. The molecule has 2 aromatic rings. The van der Waals surface area contributed by atoms with E-state index in [2.05, 4.69) is 15.0 Å². The monoisotopic (exact) mass is 376 g/mol. The smallest absolute Gasteiger partial charge is 0.238 e. The van der Waals surface area contributed by atoms with Crippen LogP contribution in [0.15, 0.2) is 27.3 Å². The van der Waals surface area contributed by atoms with Gasteiger partial charge >= 0.3 is 0 Å². The first-order chi connectivity index (χ1) is 13.1. The van der Waals surface area contributed by atoms with Crippen molar-refractivity contribution in [3.8, 4) is 11.6 Å². The Morgan fingerprint density at radius 2 is 2.22 bits per heavy atom. The molecule has 1 unspecified atom stereocenters. The molecule has 0 radical (unpaired) electrons. The fourth-order valence-corrected chi connectivity index (χ4v) is 3.08. The first-order valence-electron chi connectivity index (χ1n) is 9.52. The number of aryl methyl sites for hydroxylation is 1. The van der Waals surface area contributed by atoms with Crippen LogP contribution in [0.25, 0.3) is 11.6 Å². The van der Waals surface area contributed by atoms with Crippen LogP contribution < -0.4 is 0 Å². The summed E-state index contributed by atoms with van der Waals surface area (Å²) in [5.74, 6) is 1.69. The molecule has 0 aromatic carbocycles. The minimum Gasteiger partial charge on any atom is -0.461 e. The maximum Gasteiger partial charge on any atom is 0.238 e. The third-order valence-corrected chi connectivity index (χ3v) is 4.61. The Labute approximate surface area is 159 Å². The van der Waals surface area contributed by atoms with E-state index in [4.69, 9.17) is 13.7 Å². The number of hydrogen-bond acceptors (Lipinski definition) is 7. The molecule has 27 heavy (non-hydrogen) atoms. The maximum atomic E-state index is 12.7. The molecular formula is C19H28N4O4. The molecule has 0 spiro atoms. The van der Waals surface area contributed by atoms with Gasteiger partial charge in [0.15, 0.2) is 5.76 Å². The minimum atomic E-state index is 0.151. The summed E-state index contributed by atoms with van der Waals surface area (Å²) in [6.45, 7) is 3.04.